The van der Waals surface area contributed by atoms with Crippen molar-refractivity contribution in [3.8, 4) is 0 Å². The van der Waals surface area contributed by atoms with Gasteiger partial charge in [0.2, 0.25) is 0 Å². The molecule has 0 aliphatic heterocycles. The summed E-state index contributed by atoms with van der Waals surface area (Å²) in [5.74, 6) is -1.80. The standard InChI is InChI=1S/C11H13F3NO.HI/c1-15(2,3)9-6-4-5-8(7-9)10(16)11(12,13)14;/h4-7H,1-3H3;1H/q+1;/p-1. The quantitative estimate of drug-likeness (QED) is 0.400. The fourth-order valence-corrected chi connectivity index (χ4v) is 1.23. The van der Waals surface area contributed by atoms with Crippen LogP contribution in [-0.4, -0.2) is 33.1 Å². The van der Waals surface area contributed by atoms with Gasteiger partial charge in [0, 0.05) is 11.6 Å². The topological polar surface area (TPSA) is 17.1 Å². The highest BCUT2D eigenvalue weighted by Gasteiger charge is 2.39. The minimum atomic E-state index is -4.82. The first kappa shape index (κ1) is 16.4. The number of hydrogen-bond acceptors (Lipinski definition) is 1. The monoisotopic (exact) mass is 359 g/mol. The molecule has 1 rings (SSSR count). The zero-order valence-corrected chi connectivity index (χ0v) is 11.8. The first-order valence-electron chi connectivity index (χ1n) is 4.66. The van der Waals surface area contributed by atoms with E-state index in [1.807, 2.05) is 21.1 Å². The molecule has 0 fully saturated rings. The van der Waals surface area contributed by atoms with Crippen molar-refractivity contribution in [1.82, 2.24) is 4.48 Å². The maximum Gasteiger partial charge on any atom is 0.454 e. The number of halogens is 4. The second-order valence-electron chi connectivity index (χ2n) is 4.39. The Labute approximate surface area is 115 Å². The molecule has 0 bridgehead atoms. The molecular weight excluding hydrogens is 346 g/mol. The average Bonchev–Trinajstić information content (AvgIpc) is 2.14. The number of carbonyl (C=O) groups is 1. The zero-order valence-electron chi connectivity index (χ0n) is 9.68. The van der Waals surface area contributed by atoms with Crippen LogP contribution in [-0.2, 0) is 0 Å². The second-order valence-corrected chi connectivity index (χ2v) is 4.39. The van der Waals surface area contributed by atoms with Gasteiger partial charge in [0.25, 0.3) is 5.78 Å². The first-order chi connectivity index (χ1) is 7.12. The van der Waals surface area contributed by atoms with Crippen LogP contribution in [0.15, 0.2) is 24.3 Å². The summed E-state index contributed by atoms with van der Waals surface area (Å²) >= 11 is 0. The SMILES string of the molecule is C[N+](C)(C)c1cccc(C(=O)C(F)(F)F)c1.[I-]. The first-order valence-corrected chi connectivity index (χ1v) is 4.66. The zero-order chi connectivity index (χ0) is 12.6. The fourth-order valence-electron chi connectivity index (χ4n) is 1.23. The molecule has 0 unspecified atom stereocenters. The van der Waals surface area contributed by atoms with Gasteiger partial charge in [-0.2, -0.15) is 13.2 Å². The van der Waals surface area contributed by atoms with Crippen LogP contribution in [0.2, 0.25) is 0 Å². The number of hydrogen-bond donors (Lipinski definition) is 0. The molecule has 0 aliphatic rings. The third kappa shape index (κ3) is 4.27. The maximum atomic E-state index is 12.2. The van der Waals surface area contributed by atoms with E-state index >= 15 is 0 Å². The van der Waals surface area contributed by atoms with Crippen LogP contribution in [0.4, 0.5) is 18.9 Å². The van der Waals surface area contributed by atoms with E-state index in [0.717, 1.165) is 0 Å². The largest absolute Gasteiger partial charge is 1.00 e. The predicted molar refractivity (Wildman–Crippen MR) is 56.4 cm³/mol. The normalized spacial score (nSPS) is 11.9. The highest BCUT2D eigenvalue weighted by atomic mass is 127. The second kappa shape index (κ2) is 5.34. The van der Waals surface area contributed by atoms with Crippen LogP contribution >= 0.6 is 0 Å². The molecule has 17 heavy (non-hydrogen) atoms. The fraction of sp³-hybridized carbons (Fsp3) is 0.364. The summed E-state index contributed by atoms with van der Waals surface area (Å²) in [4.78, 5) is 11.0. The molecule has 0 aliphatic carbocycles. The van der Waals surface area contributed by atoms with Crippen molar-refractivity contribution in [2.24, 2.45) is 0 Å². The Morgan fingerprint density at radius 2 is 1.71 bits per heavy atom. The molecule has 0 atom stereocenters. The summed E-state index contributed by atoms with van der Waals surface area (Å²) in [5.41, 5.74) is 0.327. The molecule has 0 spiro atoms. The van der Waals surface area contributed by atoms with Gasteiger partial charge >= 0.3 is 6.18 Å². The van der Waals surface area contributed by atoms with E-state index in [-0.39, 0.29) is 29.5 Å². The van der Waals surface area contributed by atoms with Crippen molar-refractivity contribution < 1.29 is 41.9 Å². The molecule has 2 nitrogen and oxygen atoms in total. The lowest BCUT2D eigenvalue weighted by atomic mass is 10.1. The summed E-state index contributed by atoms with van der Waals surface area (Å²) in [5, 5.41) is 0. The van der Waals surface area contributed by atoms with E-state index < -0.39 is 12.0 Å². The van der Waals surface area contributed by atoms with Gasteiger partial charge < -0.3 is 24.0 Å². The van der Waals surface area contributed by atoms with Gasteiger partial charge in [-0.05, 0) is 6.07 Å². The van der Waals surface area contributed by atoms with E-state index in [1.54, 1.807) is 6.07 Å². The Kier molecular flexibility index (Phi) is 5.15. The average molecular weight is 359 g/mol. The minimum Gasteiger partial charge on any atom is -1.00 e. The van der Waals surface area contributed by atoms with Gasteiger partial charge in [0.15, 0.2) is 0 Å². The molecule has 0 saturated carbocycles. The summed E-state index contributed by atoms with van der Waals surface area (Å²) in [6, 6.07) is 5.59. The number of benzene rings is 1. The predicted octanol–water partition coefficient (Wildman–Crippen LogP) is -0.368. The highest BCUT2D eigenvalue weighted by molar-refractivity contribution is 6.00. The van der Waals surface area contributed by atoms with Crippen molar-refractivity contribution in [1.29, 1.82) is 0 Å². The Hall–Kier alpha value is -0.630. The van der Waals surface area contributed by atoms with E-state index in [2.05, 4.69) is 0 Å². The van der Waals surface area contributed by atoms with Crippen LogP contribution in [0.1, 0.15) is 10.4 Å². The summed E-state index contributed by atoms with van der Waals surface area (Å²) in [6.45, 7) is 0. The molecule has 0 radical (unpaired) electrons. The van der Waals surface area contributed by atoms with E-state index in [0.29, 0.717) is 10.2 Å². The molecular formula is C11H13F3INO. The third-order valence-corrected chi connectivity index (χ3v) is 2.14. The lowest BCUT2D eigenvalue weighted by Crippen LogP contribution is -3.00. The molecule has 6 heteroatoms. The highest BCUT2D eigenvalue weighted by Crippen LogP contribution is 2.25. The van der Waals surface area contributed by atoms with Gasteiger partial charge in [0.1, 0.15) is 5.69 Å². The molecule has 0 saturated heterocycles. The van der Waals surface area contributed by atoms with Crippen molar-refractivity contribution in [2.45, 2.75) is 6.18 Å². The van der Waals surface area contributed by atoms with Crippen LogP contribution in [0.5, 0.6) is 0 Å². The molecule has 0 heterocycles. The summed E-state index contributed by atoms with van der Waals surface area (Å²) in [7, 11) is 5.45. The number of quaternary nitrogens is 1. The Morgan fingerprint density at radius 1 is 1.18 bits per heavy atom. The van der Waals surface area contributed by atoms with Gasteiger partial charge in [-0.25, -0.2) is 0 Å². The van der Waals surface area contributed by atoms with E-state index in [1.165, 1.54) is 18.2 Å². The van der Waals surface area contributed by atoms with Crippen molar-refractivity contribution in [3.63, 3.8) is 0 Å². The number of Topliss-reactive ketones (excluding diaryl/α,β-unsaturated/α-hetero) is 1. The minimum absolute atomic E-state index is 0. The summed E-state index contributed by atoms with van der Waals surface area (Å²) in [6.07, 6.45) is -4.82. The van der Waals surface area contributed by atoms with Crippen LogP contribution in [0.3, 0.4) is 0 Å². The Bertz CT molecular complexity index is 410. The van der Waals surface area contributed by atoms with Gasteiger partial charge in [0.05, 0.1) is 21.1 Å². The molecule has 0 aromatic heterocycles. The van der Waals surface area contributed by atoms with Crippen molar-refractivity contribution in [3.05, 3.63) is 29.8 Å². The lowest BCUT2D eigenvalue weighted by Gasteiger charge is -2.23. The molecule has 96 valence electrons. The molecule has 0 amide bonds. The van der Waals surface area contributed by atoms with Crippen LogP contribution < -0.4 is 28.5 Å². The number of ketones is 1. The number of alkyl halides is 3. The maximum absolute atomic E-state index is 12.2. The molecule has 1 aromatic carbocycles. The Morgan fingerprint density at radius 3 is 2.12 bits per heavy atom. The number of rotatable bonds is 2. The van der Waals surface area contributed by atoms with Gasteiger partial charge in [-0.15, -0.1) is 0 Å². The third-order valence-electron chi connectivity index (χ3n) is 2.14. The van der Waals surface area contributed by atoms with Gasteiger partial charge in [-0.1, -0.05) is 12.1 Å². The number of nitrogens with zero attached hydrogens (tertiary/aromatic N) is 1. The lowest BCUT2D eigenvalue weighted by molar-refractivity contribution is -0.0885. The molecule has 1 aromatic rings. The van der Waals surface area contributed by atoms with Gasteiger partial charge in [-0.3, -0.25) is 9.28 Å². The van der Waals surface area contributed by atoms with Crippen molar-refractivity contribution >= 4 is 11.5 Å². The van der Waals surface area contributed by atoms with Crippen LogP contribution in [0, 0.1) is 0 Å². The van der Waals surface area contributed by atoms with Crippen LogP contribution in [0.25, 0.3) is 0 Å². The van der Waals surface area contributed by atoms with Crippen molar-refractivity contribution in [2.75, 3.05) is 21.1 Å². The Balaban J connectivity index is 0.00000256. The van der Waals surface area contributed by atoms with E-state index in [4.69, 9.17) is 0 Å². The van der Waals surface area contributed by atoms with E-state index in [9.17, 15) is 18.0 Å². The number of carbonyl (C=O) groups excluding carboxylic acids is 1. The summed E-state index contributed by atoms with van der Waals surface area (Å²) < 4.78 is 37.0. The smallest absolute Gasteiger partial charge is 0.454 e. The molecule has 0 N–H and O–H groups in total.